The molecule has 92 valence electrons. The summed E-state index contributed by atoms with van der Waals surface area (Å²) in [5.41, 5.74) is 7.00. The second kappa shape index (κ2) is 5.05. The number of nitrogens with one attached hydrogen (secondary N) is 1. The Morgan fingerprint density at radius 1 is 1.59 bits per heavy atom. The van der Waals surface area contributed by atoms with Crippen LogP contribution in [0.2, 0.25) is 0 Å². The van der Waals surface area contributed by atoms with E-state index < -0.39 is 0 Å². The zero-order valence-electron chi connectivity index (χ0n) is 9.85. The van der Waals surface area contributed by atoms with Crippen molar-refractivity contribution in [2.45, 2.75) is 12.5 Å². The van der Waals surface area contributed by atoms with Crippen LogP contribution >= 0.6 is 0 Å². The van der Waals surface area contributed by atoms with Crippen molar-refractivity contribution >= 4 is 17.4 Å². The summed E-state index contributed by atoms with van der Waals surface area (Å²) in [5, 5.41) is 2.82. The number of anilines is 2. The number of nitrogen functional groups attached to an aromatic ring is 1. The Labute approximate surface area is 101 Å². The molecule has 0 aromatic heterocycles. The lowest BCUT2D eigenvalue weighted by atomic mass is 10.3. The molecule has 1 heterocycles. The van der Waals surface area contributed by atoms with Gasteiger partial charge in [0.05, 0.1) is 6.10 Å². The summed E-state index contributed by atoms with van der Waals surface area (Å²) in [6.45, 7) is 1.37. The number of nitrogens with zero attached hydrogens (tertiary/aromatic N) is 1. The Bertz CT molecular complexity index is 408. The molecule has 1 aliphatic rings. The van der Waals surface area contributed by atoms with E-state index >= 15 is 0 Å². The maximum absolute atomic E-state index is 11.9. The van der Waals surface area contributed by atoms with E-state index in [0.717, 1.165) is 18.7 Å². The van der Waals surface area contributed by atoms with Gasteiger partial charge in [-0.2, -0.15) is 0 Å². The first kappa shape index (κ1) is 11.7. The monoisotopic (exact) mass is 235 g/mol. The van der Waals surface area contributed by atoms with Gasteiger partial charge in [-0.1, -0.05) is 6.07 Å². The molecule has 2 amide bonds. The third kappa shape index (κ3) is 2.88. The van der Waals surface area contributed by atoms with Gasteiger partial charge in [0.2, 0.25) is 0 Å². The smallest absolute Gasteiger partial charge is 0.321 e. The van der Waals surface area contributed by atoms with Gasteiger partial charge in [-0.15, -0.1) is 0 Å². The van der Waals surface area contributed by atoms with E-state index in [4.69, 9.17) is 10.5 Å². The fourth-order valence-corrected chi connectivity index (χ4v) is 1.92. The molecular formula is C12H17N3O2. The van der Waals surface area contributed by atoms with Crippen LogP contribution in [0.15, 0.2) is 24.3 Å². The maximum atomic E-state index is 11.9. The van der Waals surface area contributed by atoms with Crippen LogP contribution in [0.4, 0.5) is 16.2 Å². The predicted molar refractivity (Wildman–Crippen MR) is 66.9 cm³/mol. The zero-order chi connectivity index (χ0) is 12.3. The van der Waals surface area contributed by atoms with Crippen LogP contribution in [-0.2, 0) is 4.74 Å². The summed E-state index contributed by atoms with van der Waals surface area (Å²) in [4.78, 5) is 13.7. The first-order chi connectivity index (χ1) is 8.19. The van der Waals surface area contributed by atoms with Crippen molar-refractivity contribution in [3.63, 3.8) is 0 Å². The minimum atomic E-state index is -0.102. The van der Waals surface area contributed by atoms with Crippen LogP contribution in [-0.4, -0.2) is 37.2 Å². The lowest BCUT2D eigenvalue weighted by molar-refractivity contribution is 0.111. The molecule has 1 atom stereocenters. The van der Waals surface area contributed by atoms with E-state index in [9.17, 15) is 4.79 Å². The van der Waals surface area contributed by atoms with Crippen LogP contribution in [0, 0.1) is 0 Å². The van der Waals surface area contributed by atoms with Crippen molar-refractivity contribution in [2.75, 3.05) is 31.2 Å². The quantitative estimate of drug-likeness (QED) is 0.764. The molecular weight excluding hydrogens is 218 g/mol. The summed E-state index contributed by atoms with van der Waals surface area (Å²) in [7, 11) is 1.67. The van der Waals surface area contributed by atoms with Crippen LogP contribution in [0.3, 0.4) is 0 Å². The number of ether oxygens (including phenoxy) is 1. The van der Waals surface area contributed by atoms with Gasteiger partial charge in [-0.25, -0.2) is 4.79 Å². The van der Waals surface area contributed by atoms with Crippen molar-refractivity contribution in [3.8, 4) is 0 Å². The highest BCUT2D eigenvalue weighted by Crippen LogP contribution is 2.16. The third-order valence-electron chi connectivity index (χ3n) is 2.90. The number of likely N-dealkylation sites (tertiary alicyclic amines) is 1. The fourth-order valence-electron chi connectivity index (χ4n) is 1.92. The van der Waals surface area contributed by atoms with Gasteiger partial charge in [0.1, 0.15) is 0 Å². The number of urea groups is 1. The van der Waals surface area contributed by atoms with E-state index in [1.165, 1.54) is 0 Å². The summed E-state index contributed by atoms with van der Waals surface area (Å²) < 4.78 is 5.22. The van der Waals surface area contributed by atoms with E-state index in [2.05, 4.69) is 5.32 Å². The number of carbonyl (C=O) groups excluding carboxylic acids is 1. The molecule has 1 aliphatic heterocycles. The third-order valence-corrected chi connectivity index (χ3v) is 2.90. The molecule has 0 saturated carbocycles. The molecule has 0 bridgehead atoms. The predicted octanol–water partition coefficient (Wildman–Crippen LogP) is 1.52. The van der Waals surface area contributed by atoms with Gasteiger partial charge < -0.3 is 20.7 Å². The lowest BCUT2D eigenvalue weighted by Gasteiger charge is -2.17. The average Bonchev–Trinajstić information content (AvgIpc) is 2.77. The number of rotatable bonds is 2. The lowest BCUT2D eigenvalue weighted by Crippen LogP contribution is -2.33. The number of nitrogens with two attached hydrogens (primary N) is 1. The standard InChI is InChI=1S/C12H17N3O2/c1-17-11-5-6-15(8-11)12(16)14-10-4-2-3-9(13)7-10/h2-4,7,11H,5-6,8,13H2,1H3,(H,14,16). The largest absolute Gasteiger partial charge is 0.399 e. The first-order valence-corrected chi connectivity index (χ1v) is 5.63. The number of amides is 2. The maximum Gasteiger partial charge on any atom is 0.321 e. The summed E-state index contributed by atoms with van der Waals surface area (Å²) >= 11 is 0. The Hall–Kier alpha value is -1.75. The normalized spacial score (nSPS) is 19.4. The van der Waals surface area contributed by atoms with Gasteiger partial charge in [0.15, 0.2) is 0 Å². The Kier molecular flexibility index (Phi) is 3.49. The van der Waals surface area contributed by atoms with Crippen LogP contribution < -0.4 is 11.1 Å². The molecule has 1 fully saturated rings. The molecule has 1 saturated heterocycles. The fraction of sp³-hybridized carbons (Fsp3) is 0.417. The average molecular weight is 235 g/mol. The molecule has 0 spiro atoms. The topological polar surface area (TPSA) is 67.6 Å². The van der Waals surface area contributed by atoms with Crippen molar-refractivity contribution < 1.29 is 9.53 Å². The molecule has 0 aliphatic carbocycles. The molecule has 5 nitrogen and oxygen atoms in total. The number of hydrogen-bond acceptors (Lipinski definition) is 3. The Morgan fingerprint density at radius 3 is 3.06 bits per heavy atom. The van der Waals surface area contributed by atoms with Crippen molar-refractivity contribution in [2.24, 2.45) is 0 Å². The SMILES string of the molecule is COC1CCN(C(=O)Nc2cccc(N)c2)C1. The first-order valence-electron chi connectivity index (χ1n) is 5.63. The molecule has 3 N–H and O–H groups in total. The van der Waals surface area contributed by atoms with Crippen molar-refractivity contribution in [1.29, 1.82) is 0 Å². The number of carbonyl (C=O) groups is 1. The summed E-state index contributed by atoms with van der Waals surface area (Å²) in [6.07, 6.45) is 1.04. The zero-order valence-corrected chi connectivity index (χ0v) is 9.85. The number of benzene rings is 1. The summed E-state index contributed by atoms with van der Waals surface area (Å²) in [5.74, 6) is 0. The van der Waals surface area contributed by atoms with Crippen LogP contribution in [0.5, 0.6) is 0 Å². The van der Waals surface area contributed by atoms with Crippen LogP contribution in [0.25, 0.3) is 0 Å². The Morgan fingerprint density at radius 2 is 2.41 bits per heavy atom. The Balaban J connectivity index is 1.93. The van der Waals surface area contributed by atoms with Crippen LogP contribution in [0.1, 0.15) is 6.42 Å². The number of hydrogen-bond donors (Lipinski definition) is 2. The van der Waals surface area contributed by atoms with Crippen molar-refractivity contribution in [3.05, 3.63) is 24.3 Å². The minimum absolute atomic E-state index is 0.102. The van der Waals surface area contributed by atoms with E-state index in [1.54, 1.807) is 24.1 Å². The second-order valence-corrected chi connectivity index (χ2v) is 4.15. The summed E-state index contributed by atoms with van der Waals surface area (Å²) in [6, 6.07) is 7.05. The van der Waals surface area contributed by atoms with E-state index in [1.807, 2.05) is 12.1 Å². The molecule has 1 aromatic carbocycles. The van der Waals surface area contributed by atoms with Gasteiger partial charge >= 0.3 is 6.03 Å². The minimum Gasteiger partial charge on any atom is -0.399 e. The van der Waals surface area contributed by atoms with E-state index in [0.29, 0.717) is 12.2 Å². The molecule has 1 aromatic rings. The molecule has 5 heteroatoms. The highest BCUT2D eigenvalue weighted by Gasteiger charge is 2.25. The molecule has 2 rings (SSSR count). The molecule has 1 unspecified atom stereocenters. The van der Waals surface area contributed by atoms with Crippen molar-refractivity contribution in [1.82, 2.24) is 4.90 Å². The van der Waals surface area contributed by atoms with Gasteiger partial charge in [-0.3, -0.25) is 0 Å². The second-order valence-electron chi connectivity index (χ2n) is 4.15. The van der Waals surface area contributed by atoms with E-state index in [-0.39, 0.29) is 12.1 Å². The highest BCUT2D eigenvalue weighted by atomic mass is 16.5. The molecule has 17 heavy (non-hydrogen) atoms. The van der Waals surface area contributed by atoms with Gasteiger partial charge in [-0.05, 0) is 24.6 Å². The van der Waals surface area contributed by atoms with Gasteiger partial charge in [0, 0.05) is 31.6 Å². The molecule has 0 radical (unpaired) electrons. The van der Waals surface area contributed by atoms with Gasteiger partial charge in [0.25, 0.3) is 0 Å². The number of methoxy groups -OCH3 is 1. The highest BCUT2D eigenvalue weighted by molar-refractivity contribution is 5.90.